The van der Waals surface area contributed by atoms with Crippen LogP contribution in [0.4, 0.5) is 5.82 Å². The summed E-state index contributed by atoms with van der Waals surface area (Å²) in [4.78, 5) is 22.8. The molecule has 1 saturated heterocycles. The second-order valence-electron chi connectivity index (χ2n) is 6.65. The highest BCUT2D eigenvalue weighted by Crippen LogP contribution is 2.33. The van der Waals surface area contributed by atoms with Crippen LogP contribution >= 0.6 is 0 Å². The Balaban J connectivity index is 1.68. The average molecular weight is 381 g/mol. The van der Waals surface area contributed by atoms with Crippen molar-refractivity contribution in [3.05, 3.63) is 12.7 Å². The molecule has 12 nitrogen and oxygen atoms in total. The minimum Gasteiger partial charge on any atom is -0.480 e. The molecule has 0 aromatic carbocycles. The molecule has 2 aromatic rings. The summed E-state index contributed by atoms with van der Waals surface area (Å²) in [5.41, 5.74) is 18.0. The van der Waals surface area contributed by atoms with E-state index in [1.165, 1.54) is 17.2 Å². The SMILES string of the molecule is Nc1ncnc2c1ncn2[C@H]1O[C@@H](C[C@H](N)CC[C@H](N)C(=O)O)[C@@H](O)[C@@H]1O. The fourth-order valence-electron chi connectivity index (χ4n) is 3.14. The fourth-order valence-corrected chi connectivity index (χ4v) is 3.14. The lowest BCUT2D eigenvalue weighted by molar-refractivity contribution is -0.138. The standard InChI is InChI=1S/C15H23N7O5/c16-6(1-2-7(17)15(25)26)3-8-10(23)11(24)14(27-8)22-5-21-9-12(18)19-4-20-13(9)22/h4-8,10-11,14,23-24H,1-3,16-17H2,(H,25,26)(H2,18,19,20)/t6-,7+,8+,10-,11+,14+/m1/s1. The molecular weight excluding hydrogens is 358 g/mol. The van der Waals surface area contributed by atoms with Crippen LogP contribution < -0.4 is 17.2 Å². The summed E-state index contributed by atoms with van der Waals surface area (Å²) in [5.74, 6) is -0.900. The lowest BCUT2D eigenvalue weighted by Gasteiger charge is -2.20. The van der Waals surface area contributed by atoms with E-state index < -0.39 is 42.6 Å². The molecule has 1 aliphatic rings. The number of imidazole rings is 1. The number of nitrogen functional groups attached to an aromatic ring is 1. The molecule has 0 unspecified atom stereocenters. The number of aliphatic hydroxyl groups excluding tert-OH is 2. The van der Waals surface area contributed by atoms with Gasteiger partial charge in [-0.25, -0.2) is 15.0 Å². The first kappa shape index (κ1) is 19.4. The third kappa shape index (κ3) is 3.84. The van der Waals surface area contributed by atoms with Gasteiger partial charge in [0.1, 0.15) is 30.1 Å². The van der Waals surface area contributed by atoms with Crippen molar-refractivity contribution in [1.29, 1.82) is 0 Å². The first-order valence-corrected chi connectivity index (χ1v) is 8.48. The van der Waals surface area contributed by atoms with Gasteiger partial charge in [0.15, 0.2) is 17.7 Å². The molecule has 9 N–H and O–H groups in total. The zero-order chi connectivity index (χ0) is 19.7. The Morgan fingerprint density at radius 3 is 2.67 bits per heavy atom. The van der Waals surface area contributed by atoms with Gasteiger partial charge in [0.25, 0.3) is 0 Å². The van der Waals surface area contributed by atoms with Crippen molar-refractivity contribution in [3.8, 4) is 0 Å². The van der Waals surface area contributed by atoms with Crippen molar-refractivity contribution >= 4 is 23.0 Å². The molecule has 0 amide bonds. The Morgan fingerprint density at radius 1 is 1.22 bits per heavy atom. The van der Waals surface area contributed by atoms with Gasteiger partial charge in [0, 0.05) is 6.04 Å². The largest absolute Gasteiger partial charge is 0.480 e. The quantitative estimate of drug-likeness (QED) is 0.307. The second kappa shape index (κ2) is 7.70. The van der Waals surface area contributed by atoms with E-state index >= 15 is 0 Å². The fraction of sp³-hybridized carbons (Fsp3) is 0.600. The van der Waals surface area contributed by atoms with Crippen LogP contribution in [-0.2, 0) is 9.53 Å². The number of aliphatic hydroxyl groups is 2. The van der Waals surface area contributed by atoms with Gasteiger partial charge >= 0.3 is 5.97 Å². The molecular formula is C15H23N7O5. The molecule has 3 rings (SSSR count). The zero-order valence-electron chi connectivity index (χ0n) is 14.4. The third-order valence-corrected chi connectivity index (χ3v) is 4.70. The summed E-state index contributed by atoms with van der Waals surface area (Å²) in [6, 6.07) is -1.44. The third-order valence-electron chi connectivity index (χ3n) is 4.70. The molecule has 0 spiro atoms. The van der Waals surface area contributed by atoms with Crippen molar-refractivity contribution in [2.45, 2.75) is 55.9 Å². The Morgan fingerprint density at radius 2 is 1.96 bits per heavy atom. The molecule has 2 aromatic heterocycles. The van der Waals surface area contributed by atoms with Crippen molar-refractivity contribution in [3.63, 3.8) is 0 Å². The van der Waals surface area contributed by atoms with Crippen LogP contribution in [0.15, 0.2) is 12.7 Å². The monoisotopic (exact) mass is 381 g/mol. The highest BCUT2D eigenvalue weighted by molar-refractivity contribution is 5.81. The predicted octanol–water partition coefficient (Wildman–Crippen LogP) is -2.06. The predicted molar refractivity (Wildman–Crippen MR) is 93.1 cm³/mol. The normalized spacial score (nSPS) is 27.7. The molecule has 1 fully saturated rings. The Kier molecular flexibility index (Phi) is 5.53. The highest BCUT2D eigenvalue weighted by atomic mass is 16.6. The summed E-state index contributed by atoms with van der Waals surface area (Å²) in [6.45, 7) is 0. The van der Waals surface area contributed by atoms with E-state index in [0.717, 1.165) is 0 Å². The Bertz CT molecular complexity index is 815. The van der Waals surface area contributed by atoms with Crippen LogP contribution in [0, 0.1) is 0 Å². The first-order chi connectivity index (χ1) is 12.8. The number of hydrogen-bond acceptors (Lipinski definition) is 10. The van der Waals surface area contributed by atoms with Crippen LogP contribution in [0.2, 0.25) is 0 Å². The molecule has 0 aliphatic carbocycles. The van der Waals surface area contributed by atoms with Crippen LogP contribution in [0.25, 0.3) is 11.2 Å². The molecule has 3 heterocycles. The Labute approximate surface area is 154 Å². The van der Waals surface area contributed by atoms with Gasteiger partial charge in [0.2, 0.25) is 0 Å². The maximum atomic E-state index is 10.8. The summed E-state index contributed by atoms with van der Waals surface area (Å²) in [7, 11) is 0. The molecule has 0 radical (unpaired) electrons. The maximum Gasteiger partial charge on any atom is 0.320 e. The zero-order valence-corrected chi connectivity index (χ0v) is 14.4. The van der Waals surface area contributed by atoms with Crippen LogP contribution in [0.3, 0.4) is 0 Å². The molecule has 12 heteroatoms. The van der Waals surface area contributed by atoms with Gasteiger partial charge in [0.05, 0.1) is 12.4 Å². The lowest BCUT2D eigenvalue weighted by atomic mass is 9.98. The number of hydrogen-bond donors (Lipinski definition) is 6. The van der Waals surface area contributed by atoms with Gasteiger partial charge in [-0.2, -0.15) is 0 Å². The van der Waals surface area contributed by atoms with E-state index in [0.29, 0.717) is 17.6 Å². The van der Waals surface area contributed by atoms with Gasteiger partial charge < -0.3 is 37.3 Å². The van der Waals surface area contributed by atoms with E-state index in [1.807, 2.05) is 0 Å². The van der Waals surface area contributed by atoms with Crippen molar-refractivity contribution in [2.24, 2.45) is 11.5 Å². The van der Waals surface area contributed by atoms with Gasteiger partial charge in [-0.1, -0.05) is 0 Å². The first-order valence-electron chi connectivity index (χ1n) is 8.48. The summed E-state index contributed by atoms with van der Waals surface area (Å²) < 4.78 is 7.28. The van der Waals surface area contributed by atoms with Gasteiger partial charge in [-0.05, 0) is 19.3 Å². The number of fused-ring (bicyclic) bond motifs is 1. The molecule has 148 valence electrons. The van der Waals surface area contributed by atoms with E-state index in [2.05, 4.69) is 15.0 Å². The summed E-state index contributed by atoms with van der Waals surface area (Å²) in [6.07, 6.45) is -0.604. The number of carboxylic acids is 1. The second-order valence-corrected chi connectivity index (χ2v) is 6.65. The van der Waals surface area contributed by atoms with Gasteiger partial charge in [-0.15, -0.1) is 0 Å². The summed E-state index contributed by atoms with van der Waals surface area (Å²) in [5, 5.41) is 29.5. The van der Waals surface area contributed by atoms with Gasteiger partial charge in [-0.3, -0.25) is 9.36 Å². The number of aromatic nitrogens is 4. The smallest absolute Gasteiger partial charge is 0.320 e. The topological polar surface area (TPSA) is 209 Å². The van der Waals surface area contributed by atoms with Crippen molar-refractivity contribution in [1.82, 2.24) is 19.5 Å². The van der Waals surface area contributed by atoms with E-state index in [9.17, 15) is 15.0 Å². The number of carbonyl (C=O) groups is 1. The van der Waals surface area contributed by atoms with E-state index in [4.69, 9.17) is 27.0 Å². The molecule has 0 bridgehead atoms. The number of rotatable bonds is 7. The molecule has 27 heavy (non-hydrogen) atoms. The molecule has 1 aliphatic heterocycles. The maximum absolute atomic E-state index is 10.8. The highest BCUT2D eigenvalue weighted by Gasteiger charge is 2.44. The molecule has 0 saturated carbocycles. The Hall–Kier alpha value is -2.38. The number of ether oxygens (including phenoxy) is 1. The van der Waals surface area contributed by atoms with E-state index in [1.54, 1.807) is 0 Å². The average Bonchev–Trinajstić information content (AvgIpc) is 3.17. The van der Waals surface area contributed by atoms with Crippen molar-refractivity contribution in [2.75, 3.05) is 5.73 Å². The minimum absolute atomic E-state index is 0.195. The van der Waals surface area contributed by atoms with E-state index in [-0.39, 0.29) is 18.7 Å². The number of anilines is 1. The minimum atomic E-state index is -1.22. The number of aliphatic carboxylic acids is 1. The van der Waals surface area contributed by atoms with Crippen LogP contribution in [0.1, 0.15) is 25.5 Å². The van der Waals surface area contributed by atoms with Crippen LogP contribution in [0.5, 0.6) is 0 Å². The van der Waals surface area contributed by atoms with Crippen molar-refractivity contribution < 1.29 is 24.9 Å². The molecule has 6 atom stereocenters. The van der Waals surface area contributed by atoms with Crippen LogP contribution in [-0.4, -0.2) is 71.2 Å². The number of carboxylic acid groups (broad SMARTS) is 1. The number of nitrogens with zero attached hydrogens (tertiary/aromatic N) is 4. The lowest BCUT2D eigenvalue weighted by Crippen LogP contribution is -2.37. The summed E-state index contributed by atoms with van der Waals surface area (Å²) >= 11 is 0. The number of nitrogens with two attached hydrogens (primary N) is 3.